The van der Waals surface area contributed by atoms with E-state index >= 15 is 4.39 Å². The monoisotopic (exact) mass is 402 g/mol. The van der Waals surface area contributed by atoms with Crippen LogP contribution < -0.4 is 9.80 Å². The van der Waals surface area contributed by atoms with Crippen LogP contribution in [0.15, 0.2) is 53.9 Å². The molecule has 0 radical (unpaired) electrons. The molecule has 1 saturated heterocycles. The summed E-state index contributed by atoms with van der Waals surface area (Å²) < 4.78 is 24.8. The van der Waals surface area contributed by atoms with Crippen LogP contribution in [-0.4, -0.2) is 50.5 Å². The van der Waals surface area contributed by atoms with Gasteiger partial charge in [-0.1, -0.05) is 12.1 Å². The van der Waals surface area contributed by atoms with Crippen molar-refractivity contribution in [1.82, 2.24) is 0 Å². The van der Waals surface area contributed by atoms with Crippen LogP contribution >= 0.6 is 0 Å². The number of para-hydroxylation sites is 1. The standard InChI is InChI=1S/C21H23FN2O5/c1-28-20(26)15-6-3-4-11-24(18(15)21(27)29-2)19-16(22)7-5-8-17(19)23-12-9-14(25)10-13-23/h3-8,11,14,25H,9-10,12-13H2,1-2H3. The minimum atomic E-state index is -0.801. The van der Waals surface area contributed by atoms with Gasteiger partial charge in [0.1, 0.15) is 17.2 Å². The number of benzene rings is 1. The number of nitrogens with zero attached hydrogens (tertiary/aromatic N) is 2. The van der Waals surface area contributed by atoms with Crippen LogP contribution in [-0.2, 0) is 19.1 Å². The molecule has 0 atom stereocenters. The molecule has 1 fully saturated rings. The Morgan fingerprint density at radius 1 is 1.10 bits per heavy atom. The quantitative estimate of drug-likeness (QED) is 0.774. The number of piperidine rings is 1. The third kappa shape index (κ3) is 4.17. The number of anilines is 2. The lowest BCUT2D eigenvalue weighted by Crippen LogP contribution is -2.37. The molecular formula is C21H23FN2O5. The second-order valence-corrected chi connectivity index (χ2v) is 6.64. The maximum atomic E-state index is 15.1. The summed E-state index contributed by atoms with van der Waals surface area (Å²) in [6, 6.07) is 4.62. The van der Waals surface area contributed by atoms with E-state index < -0.39 is 17.8 Å². The van der Waals surface area contributed by atoms with Crippen molar-refractivity contribution in [2.75, 3.05) is 37.1 Å². The van der Waals surface area contributed by atoms with Crippen LogP contribution in [0.25, 0.3) is 0 Å². The van der Waals surface area contributed by atoms with Crippen LogP contribution in [0.4, 0.5) is 15.8 Å². The number of carbonyl (C=O) groups is 2. The zero-order valence-corrected chi connectivity index (χ0v) is 16.3. The molecule has 2 aliphatic heterocycles. The van der Waals surface area contributed by atoms with Crippen molar-refractivity contribution < 1.29 is 28.6 Å². The Bertz CT molecular complexity index is 885. The van der Waals surface area contributed by atoms with Crippen LogP contribution in [0.1, 0.15) is 12.8 Å². The Morgan fingerprint density at radius 3 is 2.45 bits per heavy atom. The van der Waals surface area contributed by atoms with E-state index in [2.05, 4.69) is 0 Å². The molecule has 1 N–H and O–H groups in total. The van der Waals surface area contributed by atoms with Gasteiger partial charge in [0.05, 0.1) is 31.6 Å². The molecular weight excluding hydrogens is 379 g/mol. The molecule has 2 aliphatic rings. The Hall–Kier alpha value is -3.13. The minimum absolute atomic E-state index is 0.0485. The Balaban J connectivity index is 2.17. The fourth-order valence-corrected chi connectivity index (χ4v) is 3.44. The summed E-state index contributed by atoms with van der Waals surface area (Å²) in [4.78, 5) is 28.2. The summed E-state index contributed by atoms with van der Waals surface area (Å²) in [6.07, 6.45) is 6.80. The average molecular weight is 402 g/mol. The van der Waals surface area contributed by atoms with Gasteiger partial charge in [0.2, 0.25) is 0 Å². The molecule has 8 heteroatoms. The molecule has 0 unspecified atom stereocenters. The number of halogens is 1. The highest BCUT2D eigenvalue weighted by Crippen LogP contribution is 2.38. The predicted molar refractivity (Wildman–Crippen MR) is 106 cm³/mol. The second-order valence-electron chi connectivity index (χ2n) is 6.64. The number of rotatable bonds is 4. The number of ether oxygens (including phenoxy) is 2. The summed E-state index contributed by atoms with van der Waals surface area (Å²) in [5, 5.41) is 9.80. The van der Waals surface area contributed by atoms with Gasteiger partial charge in [-0.3, -0.25) is 0 Å². The lowest BCUT2D eigenvalue weighted by molar-refractivity contribution is -0.139. The van der Waals surface area contributed by atoms with E-state index in [-0.39, 0.29) is 23.1 Å². The lowest BCUT2D eigenvalue weighted by atomic mass is 10.1. The van der Waals surface area contributed by atoms with Gasteiger partial charge in [-0.25, -0.2) is 14.0 Å². The molecule has 1 aromatic carbocycles. The highest BCUT2D eigenvalue weighted by molar-refractivity contribution is 6.06. The molecule has 0 amide bonds. The van der Waals surface area contributed by atoms with E-state index in [0.29, 0.717) is 31.6 Å². The summed E-state index contributed by atoms with van der Waals surface area (Å²) in [5.41, 5.74) is 0.472. The molecule has 1 aromatic rings. The lowest BCUT2D eigenvalue weighted by Gasteiger charge is -2.35. The van der Waals surface area contributed by atoms with Gasteiger partial charge in [0.25, 0.3) is 0 Å². The number of aliphatic hydroxyl groups excluding tert-OH is 1. The van der Waals surface area contributed by atoms with E-state index in [1.54, 1.807) is 24.3 Å². The van der Waals surface area contributed by atoms with Crippen LogP contribution in [0.2, 0.25) is 0 Å². The molecule has 29 heavy (non-hydrogen) atoms. The third-order valence-electron chi connectivity index (χ3n) is 4.90. The van der Waals surface area contributed by atoms with Gasteiger partial charge < -0.3 is 24.4 Å². The van der Waals surface area contributed by atoms with Crippen molar-refractivity contribution in [2.45, 2.75) is 18.9 Å². The van der Waals surface area contributed by atoms with Gasteiger partial charge in [0.15, 0.2) is 0 Å². The molecule has 3 rings (SSSR count). The van der Waals surface area contributed by atoms with Crippen LogP contribution in [0.3, 0.4) is 0 Å². The number of methoxy groups -OCH3 is 2. The normalized spacial score (nSPS) is 17.4. The number of hydrogen-bond acceptors (Lipinski definition) is 7. The smallest absolute Gasteiger partial charge is 0.355 e. The highest BCUT2D eigenvalue weighted by atomic mass is 19.1. The van der Waals surface area contributed by atoms with E-state index in [1.165, 1.54) is 37.5 Å². The summed E-state index contributed by atoms with van der Waals surface area (Å²) >= 11 is 0. The third-order valence-corrected chi connectivity index (χ3v) is 4.90. The van der Waals surface area contributed by atoms with Gasteiger partial charge in [-0.2, -0.15) is 0 Å². The highest BCUT2D eigenvalue weighted by Gasteiger charge is 2.31. The molecule has 154 valence electrons. The van der Waals surface area contributed by atoms with E-state index in [9.17, 15) is 14.7 Å². The molecule has 0 aromatic heterocycles. The Labute approximate surface area is 168 Å². The molecule has 0 spiro atoms. The minimum Gasteiger partial charge on any atom is -0.465 e. The van der Waals surface area contributed by atoms with Gasteiger partial charge in [0, 0.05) is 19.3 Å². The first-order valence-electron chi connectivity index (χ1n) is 9.24. The topological polar surface area (TPSA) is 79.3 Å². The van der Waals surface area contributed by atoms with Crippen LogP contribution in [0, 0.1) is 5.82 Å². The fourth-order valence-electron chi connectivity index (χ4n) is 3.44. The first kappa shape index (κ1) is 20.6. The number of hydrogen-bond donors (Lipinski definition) is 1. The molecule has 2 heterocycles. The predicted octanol–water partition coefficient (Wildman–Crippen LogP) is 2.28. The maximum Gasteiger partial charge on any atom is 0.355 e. The van der Waals surface area contributed by atoms with Crippen molar-refractivity contribution in [3.05, 3.63) is 59.7 Å². The molecule has 7 nitrogen and oxygen atoms in total. The average Bonchev–Trinajstić information content (AvgIpc) is 2.96. The SMILES string of the molecule is COC(=O)C1=C(C(=O)OC)N(c2c(F)cccc2N2CCC(O)CC2)C=CC=C1. The fraction of sp³-hybridized carbons (Fsp3) is 0.333. The zero-order valence-electron chi connectivity index (χ0n) is 16.3. The van der Waals surface area contributed by atoms with E-state index in [1.807, 2.05) is 4.90 Å². The van der Waals surface area contributed by atoms with Crippen molar-refractivity contribution in [1.29, 1.82) is 0 Å². The maximum absolute atomic E-state index is 15.1. The number of aliphatic hydroxyl groups is 1. The Morgan fingerprint density at radius 2 is 1.79 bits per heavy atom. The second kappa shape index (κ2) is 8.91. The molecule has 0 bridgehead atoms. The summed E-state index contributed by atoms with van der Waals surface area (Å²) in [6.45, 7) is 1.07. The summed E-state index contributed by atoms with van der Waals surface area (Å²) in [7, 11) is 2.39. The van der Waals surface area contributed by atoms with Gasteiger partial charge >= 0.3 is 11.9 Å². The molecule has 0 aliphatic carbocycles. The van der Waals surface area contributed by atoms with E-state index in [0.717, 1.165) is 0 Å². The van der Waals surface area contributed by atoms with Crippen molar-refractivity contribution in [2.24, 2.45) is 0 Å². The zero-order chi connectivity index (χ0) is 21.0. The first-order chi connectivity index (χ1) is 14.0. The number of allylic oxidation sites excluding steroid dienone is 2. The van der Waals surface area contributed by atoms with Crippen molar-refractivity contribution in [3.63, 3.8) is 0 Å². The first-order valence-corrected chi connectivity index (χ1v) is 9.24. The van der Waals surface area contributed by atoms with Crippen molar-refractivity contribution >= 4 is 23.3 Å². The van der Waals surface area contributed by atoms with E-state index in [4.69, 9.17) is 9.47 Å². The Kier molecular flexibility index (Phi) is 6.33. The van der Waals surface area contributed by atoms with Crippen molar-refractivity contribution in [3.8, 4) is 0 Å². The summed E-state index contributed by atoms with van der Waals surface area (Å²) in [5.74, 6) is -2.11. The van der Waals surface area contributed by atoms with Gasteiger partial charge in [-0.15, -0.1) is 0 Å². The largest absolute Gasteiger partial charge is 0.465 e. The number of carbonyl (C=O) groups excluding carboxylic acids is 2. The number of esters is 2. The van der Waals surface area contributed by atoms with Gasteiger partial charge in [-0.05, 0) is 37.1 Å². The van der Waals surface area contributed by atoms with Crippen LogP contribution in [0.5, 0.6) is 0 Å². The molecule has 0 saturated carbocycles.